The highest BCUT2D eigenvalue weighted by Crippen LogP contribution is 2.23. The molecule has 0 bridgehead atoms. The number of benzene rings is 2. The van der Waals surface area contributed by atoms with Crippen molar-refractivity contribution in [2.24, 2.45) is 0 Å². The lowest BCUT2D eigenvalue weighted by atomic mass is 10.1. The summed E-state index contributed by atoms with van der Waals surface area (Å²) < 4.78 is 0. The second-order valence-electron chi connectivity index (χ2n) is 7.52. The maximum atomic E-state index is 12.6. The molecule has 0 unspecified atom stereocenters. The van der Waals surface area contributed by atoms with Crippen molar-refractivity contribution in [2.75, 3.05) is 31.1 Å². The average Bonchev–Trinajstić information content (AvgIpc) is 2.79. The van der Waals surface area contributed by atoms with E-state index in [9.17, 15) is 4.79 Å². The quantitative estimate of drug-likeness (QED) is 0.614. The van der Waals surface area contributed by atoms with Gasteiger partial charge in [-0.3, -0.25) is 4.79 Å². The molecule has 0 spiro atoms. The number of piperazine rings is 1. The molecule has 154 valence electrons. The van der Waals surface area contributed by atoms with Gasteiger partial charge in [0.2, 0.25) is 5.91 Å². The average molecular weight is 421 g/mol. The van der Waals surface area contributed by atoms with Crippen molar-refractivity contribution in [3.63, 3.8) is 0 Å². The zero-order valence-electron chi connectivity index (χ0n) is 17.1. The number of aromatic nitrogens is 2. The van der Waals surface area contributed by atoms with Gasteiger partial charge in [0.1, 0.15) is 11.6 Å². The molecule has 1 saturated heterocycles. The zero-order chi connectivity index (χ0) is 20.9. The van der Waals surface area contributed by atoms with Gasteiger partial charge in [-0.2, -0.15) is 0 Å². The molecule has 3 aromatic rings. The molecular weight excluding hydrogens is 396 g/mol. The molecule has 5 nitrogen and oxygen atoms in total. The van der Waals surface area contributed by atoms with Crippen LogP contribution < -0.4 is 4.90 Å². The number of hydrogen-bond acceptors (Lipinski definition) is 4. The Balaban J connectivity index is 1.35. The number of carbonyl (C=O) groups is 1. The topological polar surface area (TPSA) is 49.3 Å². The van der Waals surface area contributed by atoms with Crippen molar-refractivity contribution < 1.29 is 4.79 Å². The predicted molar refractivity (Wildman–Crippen MR) is 121 cm³/mol. The van der Waals surface area contributed by atoms with Gasteiger partial charge in [-0.05, 0) is 31.0 Å². The van der Waals surface area contributed by atoms with Crippen LogP contribution in [0.1, 0.15) is 17.8 Å². The molecule has 1 amide bonds. The largest absolute Gasteiger partial charge is 0.353 e. The Labute approximate surface area is 182 Å². The van der Waals surface area contributed by atoms with Crippen LogP contribution in [0.3, 0.4) is 0 Å². The third-order valence-corrected chi connectivity index (χ3v) is 5.64. The van der Waals surface area contributed by atoms with E-state index in [1.54, 1.807) is 0 Å². The summed E-state index contributed by atoms with van der Waals surface area (Å²) in [5, 5.41) is 0.719. The first-order valence-electron chi connectivity index (χ1n) is 10.3. The molecule has 2 aromatic carbocycles. The van der Waals surface area contributed by atoms with Crippen LogP contribution in [-0.2, 0) is 11.2 Å². The molecule has 1 fully saturated rings. The Bertz CT molecular complexity index is 999. The van der Waals surface area contributed by atoms with E-state index in [4.69, 9.17) is 11.6 Å². The Morgan fingerprint density at radius 1 is 0.967 bits per heavy atom. The highest BCUT2D eigenvalue weighted by Gasteiger charge is 2.22. The van der Waals surface area contributed by atoms with E-state index < -0.39 is 0 Å². The van der Waals surface area contributed by atoms with Crippen molar-refractivity contribution in [2.45, 2.75) is 19.8 Å². The van der Waals surface area contributed by atoms with Crippen LogP contribution >= 0.6 is 11.6 Å². The maximum Gasteiger partial charge on any atom is 0.223 e. The van der Waals surface area contributed by atoms with Gasteiger partial charge in [0.15, 0.2) is 0 Å². The molecule has 0 atom stereocenters. The summed E-state index contributed by atoms with van der Waals surface area (Å²) in [6.07, 6.45) is 1.26. The van der Waals surface area contributed by atoms with E-state index in [0.717, 1.165) is 53.0 Å². The van der Waals surface area contributed by atoms with Crippen LogP contribution in [0, 0.1) is 6.92 Å². The minimum Gasteiger partial charge on any atom is -0.353 e. The second-order valence-corrected chi connectivity index (χ2v) is 7.96. The van der Waals surface area contributed by atoms with Gasteiger partial charge in [0.25, 0.3) is 0 Å². The monoisotopic (exact) mass is 420 g/mol. The van der Waals surface area contributed by atoms with Gasteiger partial charge >= 0.3 is 0 Å². The third-order valence-electron chi connectivity index (χ3n) is 5.39. The molecule has 1 aliphatic rings. The van der Waals surface area contributed by atoms with E-state index >= 15 is 0 Å². The smallest absolute Gasteiger partial charge is 0.223 e. The minimum absolute atomic E-state index is 0.202. The first-order valence-corrected chi connectivity index (χ1v) is 10.6. The van der Waals surface area contributed by atoms with E-state index in [1.807, 2.05) is 60.4 Å². The van der Waals surface area contributed by atoms with E-state index in [-0.39, 0.29) is 5.91 Å². The van der Waals surface area contributed by atoms with Crippen LogP contribution in [0.4, 0.5) is 5.82 Å². The van der Waals surface area contributed by atoms with Crippen molar-refractivity contribution in [3.8, 4) is 11.3 Å². The third kappa shape index (κ3) is 4.97. The Hall–Kier alpha value is -2.92. The molecular formula is C24H25ClN4O. The molecule has 0 aliphatic carbocycles. The van der Waals surface area contributed by atoms with Gasteiger partial charge in [-0.1, -0.05) is 54.1 Å². The lowest BCUT2D eigenvalue weighted by Crippen LogP contribution is -2.49. The van der Waals surface area contributed by atoms with E-state index in [0.29, 0.717) is 19.5 Å². The number of halogens is 1. The van der Waals surface area contributed by atoms with Gasteiger partial charge in [0, 0.05) is 49.3 Å². The van der Waals surface area contributed by atoms with Crippen molar-refractivity contribution in [1.29, 1.82) is 0 Å². The lowest BCUT2D eigenvalue weighted by molar-refractivity contribution is -0.131. The van der Waals surface area contributed by atoms with Crippen molar-refractivity contribution in [1.82, 2.24) is 14.9 Å². The number of nitrogens with zero attached hydrogens (tertiary/aromatic N) is 4. The Morgan fingerprint density at radius 3 is 2.37 bits per heavy atom. The minimum atomic E-state index is 0.202. The van der Waals surface area contributed by atoms with Crippen LogP contribution in [0.25, 0.3) is 11.3 Å². The van der Waals surface area contributed by atoms with Crippen LogP contribution in [0.15, 0.2) is 60.7 Å². The molecule has 1 aliphatic heterocycles. The number of aryl methyl sites for hydroxylation is 2. The maximum absolute atomic E-state index is 12.6. The van der Waals surface area contributed by atoms with Crippen molar-refractivity contribution in [3.05, 3.63) is 77.1 Å². The standard InChI is InChI=1S/C24H25ClN4O/c1-18-26-22(20-5-3-2-4-6-20)17-23(27-18)28-13-15-29(16-14-28)24(30)12-9-19-7-10-21(25)11-8-19/h2-8,10-11,17H,9,12-16H2,1H3. The van der Waals surface area contributed by atoms with Gasteiger partial charge in [0.05, 0.1) is 5.69 Å². The van der Waals surface area contributed by atoms with Crippen LogP contribution in [0.5, 0.6) is 0 Å². The molecule has 0 saturated carbocycles. The van der Waals surface area contributed by atoms with Gasteiger partial charge in [-0.15, -0.1) is 0 Å². The molecule has 30 heavy (non-hydrogen) atoms. The molecule has 0 N–H and O–H groups in total. The number of rotatable bonds is 5. The summed E-state index contributed by atoms with van der Waals surface area (Å²) in [7, 11) is 0. The fraction of sp³-hybridized carbons (Fsp3) is 0.292. The SMILES string of the molecule is Cc1nc(-c2ccccc2)cc(N2CCN(C(=O)CCc3ccc(Cl)cc3)CC2)n1. The van der Waals surface area contributed by atoms with E-state index in [1.165, 1.54) is 0 Å². The molecule has 2 heterocycles. The molecule has 0 radical (unpaired) electrons. The highest BCUT2D eigenvalue weighted by atomic mass is 35.5. The lowest BCUT2D eigenvalue weighted by Gasteiger charge is -2.35. The molecule has 1 aromatic heterocycles. The number of carbonyl (C=O) groups excluding carboxylic acids is 1. The normalized spacial score (nSPS) is 14.1. The Kier molecular flexibility index (Phi) is 6.29. The second kappa shape index (κ2) is 9.26. The molecule has 4 rings (SSSR count). The number of amides is 1. The number of hydrogen-bond donors (Lipinski definition) is 0. The first kappa shape index (κ1) is 20.4. The predicted octanol–water partition coefficient (Wildman–Crippen LogP) is 4.39. The first-order chi connectivity index (χ1) is 14.6. The van der Waals surface area contributed by atoms with E-state index in [2.05, 4.69) is 27.0 Å². The van der Waals surface area contributed by atoms with Gasteiger partial charge in [-0.25, -0.2) is 9.97 Å². The Morgan fingerprint density at radius 2 is 1.67 bits per heavy atom. The summed E-state index contributed by atoms with van der Waals surface area (Å²) in [5.74, 6) is 1.89. The zero-order valence-corrected chi connectivity index (χ0v) is 17.8. The number of anilines is 1. The highest BCUT2D eigenvalue weighted by molar-refractivity contribution is 6.30. The van der Waals surface area contributed by atoms with Crippen LogP contribution in [-0.4, -0.2) is 47.0 Å². The van der Waals surface area contributed by atoms with Crippen molar-refractivity contribution >= 4 is 23.3 Å². The summed E-state index contributed by atoms with van der Waals surface area (Å²) in [6, 6.07) is 19.9. The van der Waals surface area contributed by atoms with Gasteiger partial charge < -0.3 is 9.80 Å². The summed E-state index contributed by atoms with van der Waals surface area (Å²) >= 11 is 5.93. The summed E-state index contributed by atoms with van der Waals surface area (Å²) in [5.41, 5.74) is 3.15. The van der Waals surface area contributed by atoms with Crippen LogP contribution in [0.2, 0.25) is 5.02 Å². The molecule has 6 heteroatoms. The fourth-order valence-electron chi connectivity index (χ4n) is 3.72. The fourth-order valence-corrected chi connectivity index (χ4v) is 3.84. The summed E-state index contributed by atoms with van der Waals surface area (Å²) in [4.78, 5) is 26.1. The summed E-state index contributed by atoms with van der Waals surface area (Å²) in [6.45, 7) is 4.90.